The van der Waals surface area contributed by atoms with E-state index in [2.05, 4.69) is 5.32 Å². The molecule has 2 saturated heterocycles. The van der Waals surface area contributed by atoms with E-state index in [1.54, 1.807) is 0 Å². The van der Waals surface area contributed by atoms with Gasteiger partial charge in [0.25, 0.3) is 0 Å². The van der Waals surface area contributed by atoms with Gasteiger partial charge in [-0.1, -0.05) is 0 Å². The number of hydrogen-bond acceptors (Lipinski definition) is 3. The second kappa shape index (κ2) is 4.94. The molecule has 0 aliphatic carbocycles. The van der Waals surface area contributed by atoms with Crippen LogP contribution < -0.4 is 5.32 Å². The van der Waals surface area contributed by atoms with Gasteiger partial charge in [0.1, 0.15) is 0 Å². The van der Waals surface area contributed by atoms with E-state index >= 15 is 0 Å². The van der Waals surface area contributed by atoms with Crippen LogP contribution >= 0.6 is 0 Å². The topological polar surface area (TPSA) is 24.5 Å². The summed E-state index contributed by atoms with van der Waals surface area (Å²) in [6.45, 7) is 2.10. The Balaban J connectivity index is 2.09. The number of alkyl halides is 4. The molecule has 2 rings (SSSR count). The van der Waals surface area contributed by atoms with Gasteiger partial charge in [0.2, 0.25) is 0 Å². The lowest BCUT2D eigenvalue weighted by atomic mass is 9.87. The molecule has 7 heteroatoms. The Bertz CT molecular complexity index is 299. The standard InChI is InChI=1S/C11H18F4N2O/c1-17-4-2-10(7-17)8(16-3-5-18-10)6-11(14,15)9(12)13/h8-9,16H,2-7H2,1H3. The van der Waals surface area contributed by atoms with Crippen molar-refractivity contribution in [3.05, 3.63) is 0 Å². The molecule has 1 spiro atoms. The highest BCUT2D eigenvalue weighted by Gasteiger charge is 2.52. The van der Waals surface area contributed by atoms with Crippen LogP contribution in [-0.4, -0.2) is 62.2 Å². The van der Waals surface area contributed by atoms with E-state index in [1.165, 1.54) is 0 Å². The van der Waals surface area contributed by atoms with Gasteiger partial charge in [-0.3, -0.25) is 0 Å². The van der Waals surface area contributed by atoms with Crippen molar-refractivity contribution in [2.24, 2.45) is 0 Å². The number of ether oxygens (including phenoxy) is 1. The van der Waals surface area contributed by atoms with Crippen LogP contribution in [-0.2, 0) is 4.74 Å². The lowest BCUT2D eigenvalue weighted by Gasteiger charge is -2.43. The fraction of sp³-hybridized carbons (Fsp3) is 1.00. The van der Waals surface area contributed by atoms with Crippen LogP contribution in [0.1, 0.15) is 12.8 Å². The first-order valence-corrected chi connectivity index (χ1v) is 6.08. The minimum absolute atomic E-state index is 0.426. The predicted molar refractivity (Wildman–Crippen MR) is 58.2 cm³/mol. The Morgan fingerprint density at radius 3 is 2.78 bits per heavy atom. The zero-order valence-electron chi connectivity index (χ0n) is 10.3. The summed E-state index contributed by atoms with van der Waals surface area (Å²) in [6.07, 6.45) is -3.91. The summed E-state index contributed by atoms with van der Waals surface area (Å²) in [4.78, 5) is 1.97. The molecular weight excluding hydrogens is 252 g/mol. The van der Waals surface area contributed by atoms with Crippen LogP contribution in [0.25, 0.3) is 0 Å². The van der Waals surface area contributed by atoms with E-state index < -0.39 is 30.4 Å². The van der Waals surface area contributed by atoms with E-state index in [0.29, 0.717) is 26.1 Å². The second-order valence-corrected chi connectivity index (χ2v) is 5.17. The average molecular weight is 270 g/mol. The molecule has 2 atom stereocenters. The zero-order chi connectivity index (χ0) is 13.4. The second-order valence-electron chi connectivity index (χ2n) is 5.17. The maximum atomic E-state index is 13.2. The minimum Gasteiger partial charge on any atom is -0.371 e. The monoisotopic (exact) mass is 270 g/mol. The normalized spacial score (nSPS) is 34.7. The minimum atomic E-state index is -3.97. The number of likely N-dealkylation sites (N-methyl/N-ethyl adjacent to an activating group) is 1. The molecule has 0 aromatic carbocycles. The lowest BCUT2D eigenvalue weighted by molar-refractivity contribution is -0.164. The molecule has 1 N–H and O–H groups in total. The highest BCUT2D eigenvalue weighted by molar-refractivity contribution is 5.03. The summed E-state index contributed by atoms with van der Waals surface area (Å²) in [7, 11) is 1.87. The summed E-state index contributed by atoms with van der Waals surface area (Å²) < 4.78 is 56.6. The third-order valence-electron chi connectivity index (χ3n) is 3.77. The Morgan fingerprint density at radius 2 is 2.22 bits per heavy atom. The number of morpholine rings is 1. The Hall–Kier alpha value is -0.400. The molecule has 0 radical (unpaired) electrons. The quantitative estimate of drug-likeness (QED) is 0.783. The number of halogens is 4. The van der Waals surface area contributed by atoms with Crippen molar-refractivity contribution in [1.29, 1.82) is 0 Å². The molecule has 106 valence electrons. The maximum Gasteiger partial charge on any atom is 0.309 e. The average Bonchev–Trinajstić information content (AvgIpc) is 2.64. The van der Waals surface area contributed by atoms with E-state index in [1.807, 2.05) is 11.9 Å². The number of rotatable bonds is 3. The van der Waals surface area contributed by atoms with Crippen LogP contribution in [0.4, 0.5) is 17.6 Å². The van der Waals surface area contributed by atoms with E-state index in [0.717, 1.165) is 6.54 Å². The molecule has 2 fully saturated rings. The van der Waals surface area contributed by atoms with Crippen molar-refractivity contribution < 1.29 is 22.3 Å². The molecule has 3 nitrogen and oxygen atoms in total. The van der Waals surface area contributed by atoms with Crippen molar-refractivity contribution >= 4 is 0 Å². The summed E-state index contributed by atoms with van der Waals surface area (Å²) in [6, 6.07) is -0.722. The van der Waals surface area contributed by atoms with Gasteiger partial charge in [-0.25, -0.2) is 17.6 Å². The third kappa shape index (κ3) is 2.62. The summed E-state index contributed by atoms with van der Waals surface area (Å²) in [5, 5.41) is 2.92. The molecule has 0 aromatic heterocycles. The molecule has 2 aliphatic rings. The van der Waals surface area contributed by atoms with Crippen LogP contribution in [0.5, 0.6) is 0 Å². The summed E-state index contributed by atoms with van der Waals surface area (Å²) in [5.41, 5.74) is -0.745. The van der Waals surface area contributed by atoms with Crippen molar-refractivity contribution in [2.45, 2.75) is 36.8 Å². The van der Waals surface area contributed by atoms with Crippen LogP contribution in [0.3, 0.4) is 0 Å². The lowest BCUT2D eigenvalue weighted by Crippen LogP contribution is -2.61. The van der Waals surface area contributed by atoms with Gasteiger partial charge in [-0.2, -0.15) is 0 Å². The maximum absolute atomic E-state index is 13.2. The van der Waals surface area contributed by atoms with Gasteiger partial charge in [-0.05, 0) is 13.5 Å². The fourth-order valence-electron chi connectivity index (χ4n) is 2.79. The molecule has 2 unspecified atom stereocenters. The highest BCUT2D eigenvalue weighted by Crippen LogP contribution is 2.37. The number of nitrogens with one attached hydrogen (secondary N) is 1. The van der Waals surface area contributed by atoms with Crippen molar-refractivity contribution in [3.8, 4) is 0 Å². The predicted octanol–water partition coefficient (Wildman–Crippen LogP) is 1.34. The first-order valence-electron chi connectivity index (χ1n) is 6.08. The van der Waals surface area contributed by atoms with Gasteiger partial charge in [0.05, 0.1) is 12.2 Å². The van der Waals surface area contributed by atoms with Crippen LogP contribution in [0.2, 0.25) is 0 Å². The zero-order valence-corrected chi connectivity index (χ0v) is 10.3. The molecular formula is C11H18F4N2O. The van der Waals surface area contributed by atoms with E-state index in [-0.39, 0.29) is 0 Å². The molecule has 18 heavy (non-hydrogen) atoms. The van der Waals surface area contributed by atoms with Gasteiger partial charge < -0.3 is 15.0 Å². The molecule has 2 heterocycles. The number of nitrogens with zero attached hydrogens (tertiary/aromatic N) is 1. The fourth-order valence-corrected chi connectivity index (χ4v) is 2.79. The third-order valence-corrected chi connectivity index (χ3v) is 3.77. The summed E-state index contributed by atoms with van der Waals surface area (Å²) in [5.74, 6) is -3.97. The first-order chi connectivity index (χ1) is 8.36. The Kier molecular flexibility index (Phi) is 3.85. The molecule has 0 saturated carbocycles. The van der Waals surface area contributed by atoms with Crippen LogP contribution in [0, 0.1) is 0 Å². The van der Waals surface area contributed by atoms with Gasteiger partial charge in [-0.15, -0.1) is 0 Å². The van der Waals surface area contributed by atoms with E-state index in [4.69, 9.17) is 4.74 Å². The molecule has 2 aliphatic heterocycles. The van der Waals surface area contributed by atoms with Crippen molar-refractivity contribution in [2.75, 3.05) is 33.3 Å². The van der Waals surface area contributed by atoms with Gasteiger partial charge in [0, 0.05) is 32.1 Å². The number of likely N-dealkylation sites (tertiary alicyclic amines) is 1. The molecule has 0 aromatic rings. The molecule has 0 bridgehead atoms. The largest absolute Gasteiger partial charge is 0.371 e. The smallest absolute Gasteiger partial charge is 0.309 e. The highest BCUT2D eigenvalue weighted by atomic mass is 19.3. The van der Waals surface area contributed by atoms with Crippen LogP contribution in [0.15, 0.2) is 0 Å². The SMILES string of the molecule is CN1CCC2(C1)OCCNC2CC(F)(F)C(F)F. The van der Waals surface area contributed by atoms with Gasteiger partial charge >= 0.3 is 12.3 Å². The number of hydrogen-bond donors (Lipinski definition) is 1. The van der Waals surface area contributed by atoms with E-state index in [9.17, 15) is 17.6 Å². The van der Waals surface area contributed by atoms with Crippen molar-refractivity contribution in [1.82, 2.24) is 10.2 Å². The molecule has 0 amide bonds. The Labute approximate surface area is 103 Å². The van der Waals surface area contributed by atoms with Crippen molar-refractivity contribution in [3.63, 3.8) is 0 Å². The summed E-state index contributed by atoms with van der Waals surface area (Å²) >= 11 is 0. The first kappa shape index (κ1) is 14.0. The Morgan fingerprint density at radius 1 is 1.50 bits per heavy atom. The van der Waals surface area contributed by atoms with Gasteiger partial charge in [0.15, 0.2) is 0 Å².